The molecule has 0 saturated carbocycles. The van der Waals surface area contributed by atoms with E-state index in [1.165, 1.54) is 38.6 Å². The Balaban J connectivity index is 2.24. The van der Waals surface area contributed by atoms with Gasteiger partial charge in [0.05, 0.1) is 12.1 Å². The van der Waals surface area contributed by atoms with Crippen molar-refractivity contribution >= 4 is 17.3 Å². The fraction of sp³-hybridized carbons (Fsp3) is 0.667. The van der Waals surface area contributed by atoms with Crippen LogP contribution >= 0.6 is 11.6 Å². The number of hydrogen-bond acceptors (Lipinski definition) is 3. The number of rotatable bonds is 12. The first kappa shape index (κ1) is 19.1. The molecule has 1 N–H and O–H groups in total. The maximum Gasteiger partial charge on any atom is 0.137 e. The lowest BCUT2D eigenvalue weighted by Crippen LogP contribution is -2.30. The summed E-state index contributed by atoms with van der Waals surface area (Å²) in [5.74, 6) is 0.717. The van der Waals surface area contributed by atoms with Crippen molar-refractivity contribution in [3.05, 3.63) is 23.2 Å². The highest BCUT2D eigenvalue weighted by atomic mass is 35.5. The fourth-order valence-electron chi connectivity index (χ4n) is 2.50. The second-order valence-corrected chi connectivity index (χ2v) is 6.03. The first-order valence-corrected chi connectivity index (χ1v) is 8.88. The highest BCUT2D eigenvalue weighted by molar-refractivity contribution is 6.32. The Morgan fingerprint density at radius 1 is 1.09 bits per heavy atom. The van der Waals surface area contributed by atoms with Gasteiger partial charge in [-0.2, -0.15) is 0 Å². The van der Waals surface area contributed by atoms with Gasteiger partial charge in [0.15, 0.2) is 0 Å². The standard InChI is InChI=1S/C18H31ClN2O/c1-4-6-7-8-9-13-21(5-2)14-12-20-16-10-11-18(22-3)17(19)15-16/h10-11,15,20H,4-9,12-14H2,1-3H3. The SMILES string of the molecule is CCCCCCCN(CC)CCNc1ccc(OC)c(Cl)c1. The number of halogens is 1. The van der Waals surface area contributed by atoms with Crippen LogP contribution in [0.3, 0.4) is 0 Å². The highest BCUT2D eigenvalue weighted by Gasteiger charge is 2.04. The average Bonchev–Trinajstić information content (AvgIpc) is 2.53. The number of unbranched alkanes of at least 4 members (excludes halogenated alkanes) is 4. The van der Waals surface area contributed by atoms with Crippen LogP contribution in [0.25, 0.3) is 0 Å². The van der Waals surface area contributed by atoms with Crippen LogP contribution in [0.5, 0.6) is 5.75 Å². The molecule has 0 radical (unpaired) electrons. The van der Waals surface area contributed by atoms with Gasteiger partial charge in [-0.15, -0.1) is 0 Å². The van der Waals surface area contributed by atoms with Crippen molar-refractivity contribution in [1.82, 2.24) is 4.90 Å². The molecule has 4 heteroatoms. The summed E-state index contributed by atoms with van der Waals surface area (Å²) in [7, 11) is 1.63. The topological polar surface area (TPSA) is 24.5 Å². The first-order valence-electron chi connectivity index (χ1n) is 8.51. The van der Waals surface area contributed by atoms with E-state index in [4.69, 9.17) is 16.3 Å². The van der Waals surface area contributed by atoms with Crippen LogP contribution in [0.2, 0.25) is 5.02 Å². The molecule has 0 atom stereocenters. The van der Waals surface area contributed by atoms with E-state index in [9.17, 15) is 0 Å². The van der Waals surface area contributed by atoms with Crippen LogP contribution < -0.4 is 10.1 Å². The Bertz CT molecular complexity index is 412. The Morgan fingerprint density at radius 2 is 1.86 bits per heavy atom. The summed E-state index contributed by atoms with van der Waals surface area (Å²) in [6, 6.07) is 5.82. The fourth-order valence-corrected chi connectivity index (χ4v) is 2.76. The predicted molar refractivity (Wildman–Crippen MR) is 97.4 cm³/mol. The van der Waals surface area contributed by atoms with Crippen molar-refractivity contribution in [2.24, 2.45) is 0 Å². The van der Waals surface area contributed by atoms with Crippen LogP contribution in [0.4, 0.5) is 5.69 Å². The Kier molecular flexibility index (Phi) is 10.1. The minimum Gasteiger partial charge on any atom is -0.495 e. The van der Waals surface area contributed by atoms with E-state index in [0.717, 1.165) is 31.1 Å². The summed E-state index contributed by atoms with van der Waals surface area (Å²) in [5.41, 5.74) is 1.05. The van der Waals surface area contributed by atoms with Gasteiger partial charge in [-0.25, -0.2) is 0 Å². The van der Waals surface area contributed by atoms with E-state index in [1.807, 2.05) is 18.2 Å². The second-order valence-electron chi connectivity index (χ2n) is 5.62. The van der Waals surface area contributed by atoms with E-state index in [2.05, 4.69) is 24.1 Å². The summed E-state index contributed by atoms with van der Waals surface area (Å²) in [6.07, 6.45) is 6.71. The van der Waals surface area contributed by atoms with Crippen molar-refractivity contribution < 1.29 is 4.74 Å². The first-order chi connectivity index (χ1) is 10.7. The molecule has 0 aliphatic rings. The number of benzene rings is 1. The normalized spacial score (nSPS) is 11.0. The third-order valence-electron chi connectivity index (χ3n) is 3.93. The maximum absolute atomic E-state index is 6.13. The van der Waals surface area contributed by atoms with Crippen LogP contribution in [0, 0.1) is 0 Å². The molecule has 0 amide bonds. The number of nitrogens with one attached hydrogen (secondary N) is 1. The number of likely N-dealkylation sites (N-methyl/N-ethyl adjacent to an activating group) is 1. The van der Waals surface area contributed by atoms with Crippen LogP contribution in [0.15, 0.2) is 18.2 Å². The molecule has 0 aliphatic heterocycles. The molecule has 1 rings (SSSR count). The van der Waals surface area contributed by atoms with Gasteiger partial charge in [-0.05, 0) is 37.7 Å². The minimum absolute atomic E-state index is 0.649. The lowest BCUT2D eigenvalue weighted by Gasteiger charge is -2.21. The van der Waals surface area contributed by atoms with Crippen molar-refractivity contribution in [2.45, 2.75) is 46.0 Å². The molecule has 0 heterocycles. The van der Waals surface area contributed by atoms with Crippen LogP contribution in [0.1, 0.15) is 46.0 Å². The highest BCUT2D eigenvalue weighted by Crippen LogP contribution is 2.26. The Labute approximate surface area is 141 Å². The molecule has 0 aromatic heterocycles. The second kappa shape index (κ2) is 11.6. The lowest BCUT2D eigenvalue weighted by molar-refractivity contribution is 0.291. The van der Waals surface area contributed by atoms with Gasteiger partial charge in [-0.3, -0.25) is 0 Å². The molecule has 1 aromatic rings. The molecule has 0 aliphatic carbocycles. The van der Waals surface area contributed by atoms with E-state index in [-0.39, 0.29) is 0 Å². The van der Waals surface area contributed by atoms with E-state index >= 15 is 0 Å². The van der Waals surface area contributed by atoms with Crippen molar-refractivity contribution in [3.8, 4) is 5.75 Å². The molecular weight excluding hydrogens is 296 g/mol. The Hall–Kier alpha value is -0.930. The molecular formula is C18H31ClN2O. The summed E-state index contributed by atoms with van der Waals surface area (Å²) >= 11 is 6.13. The molecule has 3 nitrogen and oxygen atoms in total. The maximum atomic E-state index is 6.13. The summed E-state index contributed by atoms with van der Waals surface area (Å²) in [6.45, 7) is 8.80. The van der Waals surface area contributed by atoms with Crippen molar-refractivity contribution in [3.63, 3.8) is 0 Å². The van der Waals surface area contributed by atoms with Gasteiger partial charge < -0.3 is 15.0 Å². The molecule has 0 bridgehead atoms. The molecule has 0 fully saturated rings. The van der Waals surface area contributed by atoms with Gasteiger partial charge in [0.2, 0.25) is 0 Å². The smallest absolute Gasteiger partial charge is 0.137 e. The molecule has 0 unspecified atom stereocenters. The van der Waals surface area contributed by atoms with Gasteiger partial charge in [0.25, 0.3) is 0 Å². The minimum atomic E-state index is 0.649. The molecule has 22 heavy (non-hydrogen) atoms. The summed E-state index contributed by atoms with van der Waals surface area (Å²) in [5, 5.41) is 4.08. The Morgan fingerprint density at radius 3 is 2.50 bits per heavy atom. The number of hydrogen-bond donors (Lipinski definition) is 1. The third-order valence-corrected chi connectivity index (χ3v) is 4.23. The van der Waals surface area contributed by atoms with Gasteiger partial charge in [0, 0.05) is 18.8 Å². The van der Waals surface area contributed by atoms with Crippen molar-refractivity contribution in [2.75, 3.05) is 38.6 Å². The lowest BCUT2D eigenvalue weighted by atomic mass is 10.1. The van der Waals surface area contributed by atoms with Crippen LogP contribution in [-0.4, -0.2) is 38.2 Å². The largest absolute Gasteiger partial charge is 0.495 e. The molecule has 0 spiro atoms. The zero-order valence-electron chi connectivity index (χ0n) is 14.3. The molecule has 0 saturated heterocycles. The van der Waals surface area contributed by atoms with Crippen LogP contribution in [-0.2, 0) is 0 Å². The number of nitrogens with zero attached hydrogens (tertiary/aromatic N) is 1. The number of methoxy groups -OCH3 is 1. The number of ether oxygens (including phenoxy) is 1. The number of anilines is 1. The quantitative estimate of drug-likeness (QED) is 0.544. The molecule has 126 valence electrons. The third kappa shape index (κ3) is 7.37. The van der Waals surface area contributed by atoms with E-state index in [1.54, 1.807) is 7.11 Å². The van der Waals surface area contributed by atoms with Crippen molar-refractivity contribution in [1.29, 1.82) is 0 Å². The van der Waals surface area contributed by atoms with Gasteiger partial charge in [0.1, 0.15) is 5.75 Å². The monoisotopic (exact) mass is 326 g/mol. The zero-order chi connectivity index (χ0) is 16.2. The van der Waals surface area contributed by atoms with Gasteiger partial charge >= 0.3 is 0 Å². The predicted octanol–water partition coefficient (Wildman–Crippen LogP) is 5.05. The van der Waals surface area contributed by atoms with E-state index < -0.39 is 0 Å². The average molecular weight is 327 g/mol. The van der Waals surface area contributed by atoms with E-state index in [0.29, 0.717) is 5.02 Å². The summed E-state index contributed by atoms with van der Waals surface area (Å²) < 4.78 is 5.16. The molecule has 1 aromatic carbocycles. The zero-order valence-corrected chi connectivity index (χ0v) is 15.1. The summed E-state index contributed by atoms with van der Waals surface area (Å²) in [4.78, 5) is 2.50. The van der Waals surface area contributed by atoms with Gasteiger partial charge in [-0.1, -0.05) is 51.1 Å².